The standard InChI is InChI=1S/C26H35N3O4S/c1-19-10-14-28(15-11-19)23-9-8-21(26(30)27-22-6-4-5-7-24(22)33-3)18-25(23)34(31,32)29-16-12-20(2)13-17-29/h4-9,18-20H,10-17H2,1-3H3,(H,27,30). The van der Waals surface area contributed by atoms with E-state index < -0.39 is 10.0 Å². The Hall–Kier alpha value is -2.58. The van der Waals surface area contributed by atoms with Crippen molar-refractivity contribution in [2.24, 2.45) is 11.8 Å². The zero-order valence-electron chi connectivity index (χ0n) is 20.3. The molecular weight excluding hydrogens is 450 g/mol. The van der Waals surface area contributed by atoms with Crippen molar-refractivity contribution < 1.29 is 17.9 Å². The summed E-state index contributed by atoms with van der Waals surface area (Å²) < 4.78 is 34.5. The van der Waals surface area contributed by atoms with E-state index in [1.165, 1.54) is 0 Å². The minimum atomic E-state index is -3.73. The van der Waals surface area contributed by atoms with Gasteiger partial charge in [-0.05, 0) is 67.9 Å². The van der Waals surface area contributed by atoms with Crippen LogP contribution in [0.15, 0.2) is 47.4 Å². The molecule has 2 heterocycles. The molecule has 0 spiro atoms. The number of hydrogen-bond donors (Lipinski definition) is 1. The number of anilines is 2. The van der Waals surface area contributed by atoms with Crippen LogP contribution in [-0.4, -0.2) is 51.9 Å². The van der Waals surface area contributed by atoms with Crippen LogP contribution in [0.4, 0.5) is 11.4 Å². The Morgan fingerprint density at radius 2 is 1.56 bits per heavy atom. The van der Waals surface area contributed by atoms with E-state index in [4.69, 9.17) is 4.74 Å². The number of rotatable bonds is 6. The van der Waals surface area contributed by atoms with E-state index in [0.29, 0.717) is 47.6 Å². The van der Waals surface area contributed by atoms with Gasteiger partial charge in [0, 0.05) is 31.7 Å². The van der Waals surface area contributed by atoms with Crippen LogP contribution in [-0.2, 0) is 10.0 Å². The highest BCUT2D eigenvalue weighted by molar-refractivity contribution is 7.89. The molecule has 2 aromatic rings. The first-order chi connectivity index (χ1) is 16.3. The number of piperidine rings is 2. The van der Waals surface area contributed by atoms with Crippen LogP contribution in [0.25, 0.3) is 0 Å². The molecule has 0 saturated carbocycles. The Kier molecular flexibility index (Phi) is 7.48. The van der Waals surface area contributed by atoms with Gasteiger partial charge < -0.3 is 15.0 Å². The van der Waals surface area contributed by atoms with Crippen LogP contribution in [0.5, 0.6) is 5.75 Å². The maximum atomic E-state index is 13.8. The van der Waals surface area contributed by atoms with E-state index in [1.54, 1.807) is 41.7 Å². The van der Waals surface area contributed by atoms with Gasteiger partial charge in [0.15, 0.2) is 0 Å². The van der Waals surface area contributed by atoms with Crippen molar-refractivity contribution in [3.8, 4) is 5.75 Å². The lowest BCUT2D eigenvalue weighted by Gasteiger charge is -2.35. The largest absolute Gasteiger partial charge is 0.495 e. The summed E-state index contributed by atoms with van der Waals surface area (Å²) in [5.74, 6) is 1.33. The molecule has 184 valence electrons. The molecule has 0 aliphatic carbocycles. The van der Waals surface area contributed by atoms with Gasteiger partial charge in [-0.15, -0.1) is 0 Å². The monoisotopic (exact) mass is 485 g/mol. The summed E-state index contributed by atoms with van der Waals surface area (Å²) in [5, 5.41) is 2.86. The number of para-hydroxylation sites is 2. The first-order valence-corrected chi connectivity index (χ1v) is 13.6. The first kappa shape index (κ1) is 24.5. The lowest BCUT2D eigenvalue weighted by molar-refractivity contribution is 0.102. The second-order valence-electron chi connectivity index (χ2n) is 9.59. The minimum Gasteiger partial charge on any atom is -0.495 e. The molecule has 0 atom stereocenters. The van der Waals surface area contributed by atoms with Crippen LogP contribution >= 0.6 is 0 Å². The fourth-order valence-electron chi connectivity index (χ4n) is 4.68. The van der Waals surface area contributed by atoms with Gasteiger partial charge in [-0.2, -0.15) is 4.31 Å². The van der Waals surface area contributed by atoms with Gasteiger partial charge in [0.05, 0.1) is 18.5 Å². The molecule has 8 heteroatoms. The first-order valence-electron chi connectivity index (χ1n) is 12.1. The Morgan fingerprint density at radius 1 is 0.941 bits per heavy atom. The second-order valence-corrected chi connectivity index (χ2v) is 11.5. The Balaban J connectivity index is 1.69. The van der Waals surface area contributed by atoms with Crippen LogP contribution in [0.3, 0.4) is 0 Å². The van der Waals surface area contributed by atoms with Crippen molar-refractivity contribution in [1.29, 1.82) is 0 Å². The number of nitrogens with zero attached hydrogens (tertiary/aromatic N) is 2. The average Bonchev–Trinajstić information content (AvgIpc) is 2.85. The molecule has 2 saturated heterocycles. The number of nitrogens with one attached hydrogen (secondary N) is 1. The summed E-state index contributed by atoms with van der Waals surface area (Å²) in [4.78, 5) is 15.5. The van der Waals surface area contributed by atoms with Crippen LogP contribution < -0.4 is 15.0 Å². The fourth-order valence-corrected chi connectivity index (χ4v) is 6.39. The third-order valence-corrected chi connectivity index (χ3v) is 8.99. The van der Waals surface area contributed by atoms with Gasteiger partial charge >= 0.3 is 0 Å². The maximum absolute atomic E-state index is 13.8. The number of carbonyl (C=O) groups is 1. The molecular formula is C26H35N3O4S. The summed E-state index contributed by atoms with van der Waals surface area (Å²) in [5.41, 5.74) is 1.54. The van der Waals surface area contributed by atoms with Gasteiger partial charge in [-0.1, -0.05) is 26.0 Å². The van der Waals surface area contributed by atoms with E-state index in [0.717, 1.165) is 38.8 Å². The second kappa shape index (κ2) is 10.4. The third kappa shape index (κ3) is 5.23. The SMILES string of the molecule is COc1ccccc1NC(=O)c1ccc(N2CCC(C)CC2)c(S(=O)(=O)N2CCC(C)CC2)c1. The summed E-state index contributed by atoms with van der Waals surface area (Å²) in [6, 6.07) is 12.2. The van der Waals surface area contributed by atoms with E-state index >= 15 is 0 Å². The van der Waals surface area contributed by atoms with Gasteiger partial charge in [0.25, 0.3) is 5.91 Å². The van der Waals surface area contributed by atoms with Crippen molar-refractivity contribution in [3.63, 3.8) is 0 Å². The van der Waals surface area contributed by atoms with Gasteiger partial charge in [-0.3, -0.25) is 4.79 Å². The molecule has 4 rings (SSSR count). The predicted molar refractivity (Wildman–Crippen MR) is 135 cm³/mol. The summed E-state index contributed by atoms with van der Waals surface area (Å²) in [6.45, 7) is 7.04. The molecule has 0 radical (unpaired) electrons. The molecule has 7 nitrogen and oxygen atoms in total. The number of carbonyl (C=O) groups excluding carboxylic acids is 1. The average molecular weight is 486 g/mol. The fraction of sp³-hybridized carbons (Fsp3) is 0.500. The van der Waals surface area contributed by atoms with Gasteiger partial charge in [0.1, 0.15) is 10.6 Å². The van der Waals surface area contributed by atoms with Crippen LogP contribution in [0, 0.1) is 11.8 Å². The quantitative estimate of drug-likeness (QED) is 0.647. The highest BCUT2D eigenvalue weighted by Crippen LogP contribution is 2.34. The summed E-state index contributed by atoms with van der Waals surface area (Å²) in [6.07, 6.45) is 3.75. The molecule has 2 aliphatic heterocycles. The van der Waals surface area contributed by atoms with Crippen molar-refractivity contribution >= 4 is 27.3 Å². The highest BCUT2D eigenvalue weighted by Gasteiger charge is 2.32. The number of ether oxygens (including phenoxy) is 1. The Bertz CT molecular complexity index is 1120. The molecule has 34 heavy (non-hydrogen) atoms. The minimum absolute atomic E-state index is 0.226. The van der Waals surface area contributed by atoms with Gasteiger partial charge in [-0.25, -0.2) is 8.42 Å². The molecule has 0 aromatic heterocycles. The Morgan fingerprint density at radius 3 is 2.21 bits per heavy atom. The number of amides is 1. The summed E-state index contributed by atoms with van der Waals surface area (Å²) in [7, 11) is -2.19. The van der Waals surface area contributed by atoms with Gasteiger partial charge in [0.2, 0.25) is 10.0 Å². The lowest BCUT2D eigenvalue weighted by Crippen LogP contribution is -2.39. The van der Waals surface area contributed by atoms with Crippen LogP contribution in [0.2, 0.25) is 0 Å². The molecule has 0 unspecified atom stereocenters. The molecule has 2 fully saturated rings. The third-order valence-electron chi connectivity index (χ3n) is 7.06. The molecule has 1 N–H and O–H groups in total. The highest BCUT2D eigenvalue weighted by atomic mass is 32.2. The maximum Gasteiger partial charge on any atom is 0.255 e. The summed E-state index contributed by atoms with van der Waals surface area (Å²) >= 11 is 0. The van der Waals surface area contributed by atoms with Crippen molar-refractivity contribution in [3.05, 3.63) is 48.0 Å². The lowest BCUT2D eigenvalue weighted by atomic mass is 9.98. The molecule has 0 bridgehead atoms. The number of sulfonamides is 1. The normalized spacial score (nSPS) is 18.6. The van der Waals surface area contributed by atoms with Crippen molar-refractivity contribution in [1.82, 2.24) is 4.31 Å². The van der Waals surface area contributed by atoms with Crippen molar-refractivity contribution in [2.75, 3.05) is 43.5 Å². The molecule has 1 amide bonds. The van der Waals surface area contributed by atoms with Crippen molar-refractivity contribution in [2.45, 2.75) is 44.4 Å². The van der Waals surface area contributed by atoms with E-state index in [-0.39, 0.29) is 10.8 Å². The number of hydrogen-bond acceptors (Lipinski definition) is 5. The predicted octanol–water partition coefficient (Wildman–Crippen LogP) is 4.60. The zero-order chi connectivity index (χ0) is 24.3. The van der Waals surface area contributed by atoms with E-state index in [2.05, 4.69) is 24.1 Å². The van der Waals surface area contributed by atoms with Crippen LogP contribution in [0.1, 0.15) is 49.9 Å². The Labute approximate surface area is 203 Å². The van der Waals surface area contributed by atoms with E-state index in [9.17, 15) is 13.2 Å². The molecule has 2 aliphatic rings. The molecule has 2 aromatic carbocycles. The van der Waals surface area contributed by atoms with E-state index in [1.807, 2.05) is 12.1 Å². The number of benzene rings is 2. The topological polar surface area (TPSA) is 79.0 Å². The number of methoxy groups -OCH3 is 1. The smallest absolute Gasteiger partial charge is 0.255 e. The zero-order valence-corrected chi connectivity index (χ0v) is 21.1.